The van der Waals surface area contributed by atoms with Crippen LogP contribution in [0.3, 0.4) is 0 Å². The van der Waals surface area contributed by atoms with Gasteiger partial charge in [0.2, 0.25) is 5.88 Å². The van der Waals surface area contributed by atoms with E-state index in [2.05, 4.69) is 19.9 Å². The average Bonchev–Trinajstić information content (AvgIpc) is 2.78. The Morgan fingerprint density at radius 1 is 1.45 bits per heavy atom. The van der Waals surface area contributed by atoms with E-state index in [0.29, 0.717) is 0 Å². The molecular formula is C11H15N5O3S. The molecule has 4 N–H and O–H groups in total. The molecule has 0 saturated heterocycles. The highest BCUT2D eigenvalue weighted by atomic mass is 32.2. The molecule has 0 radical (unpaired) electrons. The quantitative estimate of drug-likeness (QED) is 0.755. The molecule has 0 aliphatic rings. The number of nitrogens with two attached hydrogens (primary N) is 1. The zero-order valence-corrected chi connectivity index (χ0v) is 11.8. The van der Waals surface area contributed by atoms with Crippen molar-refractivity contribution in [2.24, 2.45) is 0 Å². The molecule has 2 rings (SSSR count). The summed E-state index contributed by atoms with van der Waals surface area (Å²) in [6, 6.07) is 3.16. The van der Waals surface area contributed by atoms with E-state index in [0.717, 1.165) is 6.20 Å². The van der Waals surface area contributed by atoms with Crippen molar-refractivity contribution < 1.29 is 13.2 Å². The van der Waals surface area contributed by atoms with Gasteiger partial charge in [-0.1, -0.05) is 0 Å². The molecule has 0 saturated carbocycles. The first-order valence-corrected chi connectivity index (χ1v) is 7.32. The van der Waals surface area contributed by atoms with E-state index < -0.39 is 10.0 Å². The predicted molar refractivity (Wildman–Crippen MR) is 73.8 cm³/mol. The van der Waals surface area contributed by atoms with Crippen molar-refractivity contribution in [3.63, 3.8) is 0 Å². The summed E-state index contributed by atoms with van der Waals surface area (Å²) in [5, 5.41) is 5.95. The molecule has 108 valence electrons. The Morgan fingerprint density at radius 3 is 2.80 bits per heavy atom. The number of hydrogen-bond acceptors (Lipinski definition) is 6. The Hall–Kier alpha value is -2.29. The molecule has 2 aromatic rings. The molecule has 2 aromatic heterocycles. The van der Waals surface area contributed by atoms with Crippen LogP contribution in [0.5, 0.6) is 5.88 Å². The van der Waals surface area contributed by atoms with Gasteiger partial charge in [-0.25, -0.2) is 13.4 Å². The summed E-state index contributed by atoms with van der Waals surface area (Å²) in [6.45, 7) is 3.64. The van der Waals surface area contributed by atoms with Crippen molar-refractivity contribution in [2.45, 2.75) is 24.8 Å². The van der Waals surface area contributed by atoms with Gasteiger partial charge in [0.1, 0.15) is 16.4 Å². The third-order valence-corrected chi connectivity index (χ3v) is 3.68. The number of nitrogen functional groups attached to an aromatic ring is 1. The Kier molecular flexibility index (Phi) is 3.79. The monoisotopic (exact) mass is 297 g/mol. The van der Waals surface area contributed by atoms with Crippen LogP contribution < -0.4 is 15.2 Å². The number of H-pyrrole nitrogens is 1. The number of nitrogens with one attached hydrogen (secondary N) is 2. The van der Waals surface area contributed by atoms with Crippen molar-refractivity contribution in [2.75, 3.05) is 10.5 Å². The number of aromatic nitrogens is 3. The van der Waals surface area contributed by atoms with Gasteiger partial charge in [-0.3, -0.25) is 9.82 Å². The van der Waals surface area contributed by atoms with Crippen LogP contribution in [0.2, 0.25) is 0 Å². The SMILES string of the molecule is CC(C)Oc1ncccc1NS(=O)(=O)c1cn[nH]c1N. The lowest BCUT2D eigenvalue weighted by atomic mass is 10.4. The Balaban J connectivity index is 2.33. The van der Waals surface area contributed by atoms with Gasteiger partial charge in [0, 0.05) is 6.20 Å². The van der Waals surface area contributed by atoms with Gasteiger partial charge in [0.25, 0.3) is 10.0 Å². The van der Waals surface area contributed by atoms with Gasteiger partial charge in [-0.15, -0.1) is 0 Å². The van der Waals surface area contributed by atoms with Crippen LogP contribution in [0.15, 0.2) is 29.4 Å². The third kappa shape index (κ3) is 2.99. The van der Waals surface area contributed by atoms with Gasteiger partial charge < -0.3 is 10.5 Å². The van der Waals surface area contributed by atoms with Crippen LogP contribution in [0.4, 0.5) is 11.5 Å². The van der Waals surface area contributed by atoms with Crippen LogP contribution in [0.25, 0.3) is 0 Å². The molecule has 0 aromatic carbocycles. The second-order valence-corrected chi connectivity index (χ2v) is 5.93. The Labute approximate surface area is 116 Å². The summed E-state index contributed by atoms with van der Waals surface area (Å²) < 4.78 is 32.2. The molecule has 0 unspecified atom stereocenters. The van der Waals surface area contributed by atoms with Crippen molar-refractivity contribution in [1.29, 1.82) is 0 Å². The molecule has 0 bridgehead atoms. The minimum Gasteiger partial charge on any atom is -0.473 e. The zero-order chi connectivity index (χ0) is 14.8. The van der Waals surface area contributed by atoms with Gasteiger partial charge >= 0.3 is 0 Å². The molecule has 0 aliphatic carbocycles. The van der Waals surface area contributed by atoms with E-state index in [9.17, 15) is 8.42 Å². The highest BCUT2D eigenvalue weighted by Gasteiger charge is 2.21. The van der Waals surface area contributed by atoms with E-state index in [1.54, 1.807) is 12.1 Å². The van der Waals surface area contributed by atoms with E-state index in [1.807, 2.05) is 13.8 Å². The lowest BCUT2D eigenvalue weighted by Crippen LogP contribution is -2.16. The number of aromatic amines is 1. The van der Waals surface area contributed by atoms with Crippen LogP contribution in [0, 0.1) is 0 Å². The van der Waals surface area contributed by atoms with E-state index in [1.165, 1.54) is 6.20 Å². The average molecular weight is 297 g/mol. The zero-order valence-electron chi connectivity index (χ0n) is 11.0. The molecule has 20 heavy (non-hydrogen) atoms. The Morgan fingerprint density at radius 2 is 2.20 bits per heavy atom. The maximum atomic E-state index is 12.2. The van der Waals surface area contributed by atoms with E-state index >= 15 is 0 Å². The van der Waals surface area contributed by atoms with E-state index in [-0.39, 0.29) is 28.4 Å². The predicted octanol–water partition coefficient (Wildman–Crippen LogP) is 0.975. The van der Waals surface area contributed by atoms with Crippen molar-refractivity contribution in [3.8, 4) is 5.88 Å². The molecule has 2 heterocycles. The molecule has 0 amide bonds. The maximum absolute atomic E-state index is 12.2. The first kappa shape index (κ1) is 14.1. The molecule has 8 nitrogen and oxygen atoms in total. The molecular weight excluding hydrogens is 282 g/mol. The lowest BCUT2D eigenvalue weighted by molar-refractivity contribution is 0.234. The first-order valence-electron chi connectivity index (χ1n) is 5.83. The van der Waals surface area contributed by atoms with E-state index in [4.69, 9.17) is 10.5 Å². The van der Waals surface area contributed by atoms with Gasteiger partial charge in [-0.05, 0) is 26.0 Å². The molecule has 9 heteroatoms. The second kappa shape index (κ2) is 5.37. The number of ether oxygens (including phenoxy) is 1. The molecule has 0 aliphatic heterocycles. The minimum absolute atomic E-state index is 0.0345. The number of anilines is 2. The Bertz CT molecular complexity index is 696. The summed E-state index contributed by atoms with van der Waals surface area (Å²) in [5.74, 6) is 0.167. The standard InChI is InChI=1S/C11H15N5O3S/c1-7(2)19-11-8(4-3-5-13-11)16-20(17,18)9-6-14-15-10(9)12/h3-7,16H,1-2H3,(H3,12,14,15). The molecule has 0 atom stereocenters. The van der Waals surface area contributed by atoms with Gasteiger partial charge in [-0.2, -0.15) is 5.10 Å². The maximum Gasteiger partial charge on any atom is 0.267 e. The fraction of sp³-hybridized carbons (Fsp3) is 0.273. The number of sulfonamides is 1. The smallest absolute Gasteiger partial charge is 0.267 e. The number of hydrogen-bond donors (Lipinski definition) is 3. The summed E-state index contributed by atoms with van der Waals surface area (Å²) in [7, 11) is -3.85. The molecule has 0 spiro atoms. The highest BCUT2D eigenvalue weighted by Crippen LogP contribution is 2.26. The van der Waals surface area contributed by atoms with Gasteiger partial charge in [0.15, 0.2) is 0 Å². The second-order valence-electron chi connectivity index (χ2n) is 4.28. The summed E-state index contributed by atoms with van der Waals surface area (Å²) in [6.07, 6.45) is 2.52. The van der Waals surface area contributed by atoms with Crippen LogP contribution in [-0.2, 0) is 10.0 Å². The summed E-state index contributed by atoms with van der Waals surface area (Å²) in [5.41, 5.74) is 5.75. The fourth-order valence-corrected chi connectivity index (χ4v) is 2.57. The fourth-order valence-electron chi connectivity index (χ4n) is 1.48. The normalized spacial score (nSPS) is 11.6. The summed E-state index contributed by atoms with van der Waals surface area (Å²) >= 11 is 0. The van der Waals surface area contributed by atoms with Crippen LogP contribution in [0.1, 0.15) is 13.8 Å². The number of pyridine rings is 1. The minimum atomic E-state index is -3.85. The van der Waals surface area contributed by atoms with Gasteiger partial charge in [0.05, 0.1) is 12.3 Å². The topological polar surface area (TPSA) is 123 Å². The third-order valence-electron chi connectivity index (χ3n) is 2.28. The van der Waals surface area contributed by atoms with Crippen LogP contribution in [-0.4, -0.2) is 29.7 Å². The highest BCUT2D eigenvalue weighted by molar-refractivity contribution is 7.92. The number of rotatable bonds is 5. The summed E-state index contributed by atoms with van der Waals surface area (Å²) in [4.78, 5) is 3.87. The number of nitrogens with zero attached hydrogens (tertiary/aromatic N) is 2. The van der Waals surface area contributed by atoms with Crippen molar-refractivity contribution >= 4 is 21.5 Å². The molecule has 0 fully saturated rings. The first-order chi connectivity index (χ1) is 9.40. The van der Waals surface area contributed by atoms with Crippen molar-refractivity contribution in [3.05, 3.63) is 24.5 Å². The van der Waals surface area contributed by atoms with Crippen LogP contribution >= 0.6 is 0 Å². The lowest BCUT2D eigenvalue weighted by Gasteiger charge is -2.13. The van der Waals surface area contributed by atoms with Crippen molar-refractivity contribution in [1.82, 2.24) is 15.2 Å². The largest absolute Gasteiger partial charge is 0.473 e.